The fraction of sp³-hybridized carbons (Fsp3) is 0.231. The van der Waals surface area contributed by atoms with Gasteiger partial charge in [0.05, 0.1) is 16.9 Å². The average molecular weight is 556 g/mol. The van der Waals surface area contributed by atoms with Crippen molar-refractivity contribution in [1.82, 2.24) is 4.57 Å². The van der Waals surface area contributed by atoms with Crippen molar-refractivity contribution in [3.8, 4) is 11.1 Å². The standard InChI is InChI=1S/C26H22FIN2O3/c1-13-6-4-5-7-18(13)21-15(3)30(17-9-10-17)25(31)22-23(14(2)26(32)33-24(21)22)29-20-11-8-16(28)12-19(20)27/h4-8,11-12,17,29H,9-10H2,1-3H3. The van der Waals surface area contributed by atoms with Gasteiger partial charge in [-0.2, -0.15) is 0 Å². The van der Waals surface area contributed by atoms with E-state index in [1.165, 1.54) is 6.07 Å². The smallest absolute Gasteiger partial charge is 0.341 e. The van der Waals surface area contributed by atoms with Gasteiger partial charge in [0, 0.05) is 20.9 Å². The Kier molecular flexibility index (Phi) is 5.39. The van der Waals surface area contributed by atoms with Crippen LogP contribution in [0.15, 0.2) is 56.5 Å². The molecule has 0 saturated heterocycles. The summed E-state index contributed by atoms with van der Waals surface area (Å²) >= 11 is 2.03. The highest BCUT2D eigenvalue weighted by Crippen LogP contribution is 2.41. The molecule has 5 rings (SSSR count). The number of rotatable bonds is 4. The fourth-order valence-corrected chi connectivity index (χ4v) is 4.84. The monoisotopic (exact) mass is 556 g/mol. The van der Waals surface area contributed by atoms with Gasteiger partial charge in [-0.3, -0.25) is 4.79 Å². The summed E-state index contributed by atoms with van der Waals surface area (Å²) in [5.41, 5.74) is 3.54. The first-order valence-corrected chi connectivity index (χ1v) is 11.9. The van der Waals surface area contributed by atoms with Gasteiger partial charge in [-0.05, 0) is 85.5 Å². The molecular weight excluding hydrogens is 534 g/mol. The van der Waals surface area contributed by atoms with E-state index in [1.807, 2.05) is 60.7 Å². The van der Waals surface area contributed by atoms with Crippen LogP contribution < -0.4 is 16.5 Å². The largest absolute Gasteiger partial charge is 0.421 e. The highest BCUT2D eigenvalue weighted by Gasteiger charge is 2.31. The van der Waals surface area contributed by atoms with Crippen LogP contribution in [0.1, 0.15) is 35.7 Å². The predicted octanol–water partition coefficient (Wildman–Crippen LogP) is 6.37. The maximum atomic E-state index is 14.7. The van der Waals surface area contributed by atoms with Gasteiger partial charge in [-0.1, -0.05) is 24.3 Å². The third kappa shape index (κ3) is 3.68. The van der Waals surface area contributed by atoms with Crippen LogP contribution in [-0.4, -0.2) is 4.57 Å². The number of benzene rings is 2. The molecule has 0 atom stereocenters. The molecule has 2 heterocycles. The third-order valence-corrected chi connectivity index (χ3v) is 6.92. The quantitative estimate of drug-likeness (QED) is 0.297. The van der Waals surface area contributed by atoms with Gasteiger partial charge in [0.2, 0.25) is 0 Å². The molecule has 7 heteroatoms. The van der Waals surface area contributed by atoms with E-state index in [2.05, 4.69) is 5.32 Å². The van der Waals surface area contributed by atoms with Crippen LogP contribution in [-0.2, 0) is 0 Å². The molecule has 1 aliphatic carbocycles. The Labute approximate surface area is 203 Å². The first kappa shape index (κ1) is 21.9. The first-order valence-electron chi connectivity index (χ1n) is 10.8. The van der Waals surface area contributed by atoms with E-state index in [0.29, 0.717) is 0 Å². The van der Waals surface area contributed by atoms with Crippen molar-refractivity contribution in [1.29, 1.82) is 0 Å². The van der Waals surface area contributed by atoms with Crippen molar-refractivity contribution in [3.63, 3.8) is 0 Å². The molecule has 5 nitrogen and oxygen atoms in total. The van der Waals surface area contributed by atoms with E-state index in [-0.39, 0.29) is 39.5 Å². The van der Waals surface area contributed by atoms with Crippen molar-refractivity contribution in [3.05, 3.63) is 89.4 Å². The lowest BCUT2D eigenvalue weighted by atomic mass is 9.96. The van der Waals surface area contributed by atoms with Crippen LogP contribution in [0, 0.1) is 30.2 Å². The Morgan fingerprint density at radius 2 is 1.82 bits per heavy atom. The Morgan fingerprint density at radius 1 is 1.09 bits per heavy atom. The minimum atomic E-state index is -0.561. The summed E-state index contributed by atoms with van der Waals surface area (Å²) in [6.07, 6.45) is 1.84. The fourth-order valence-electron chi connectivity index (χ4n) is 4.39. The molecule has 1 fully saturated rings. The first-order chi connectivity index (χ1) is 15.8. The topological polar surface area (TPSA) is 64.2 Å². The molecule has 1 N–H and O–H groups in total. The number of aromatic nitrogens is 1. The molecule has 2 aromatic heterocycles. The Bertz CT molecular complexity index is 1550. The summed E-state index contributed by atoms with van der Waals surface area (Å²) in [7, 11) is 0. The van der Waals surface area contributed by atoms with E-state index < -0.39 is 11.4 Å². The van der Waals surface area contributed by atoms with Crippen LogP contribution in [0.4, 0.5) is 15.8 Å². The lowest BCUT2D eigenvalue weighted by Gasteiger charge is -2.20. The van der Waals surface area contributed by atoms with Crippen molar-refractivity contribution < 1.29 is 8.81 Å². The summed E-state index contributed by atoms with van der Waals surface area (Å²) in [6, 6.07) is 12.7. The van der Waals surface area contributed by atoms with E-state index in [0.717, 1.165) is 38.8 Å². The van der Waals surface area contributed by atoms with Crippen molar-refractivity contribution >= 4 is 44.9 Å². The molecule has 0 unspecified atom stereocenters. The van der Waals surface area contributed by atoms with Gasteiger partial charge >= 0.3 is 5.63 Å². The number of anilines is 2. The third-order valence-electron chi connectivity index (χ3n) is 6.25. The average Bonchev–Trinajstić information content (AvgIpc) is 3.59. The molecule has 0 bridgehead atoms. The number of hydrogen-bond acceptors (Lipinski definition) is 4. The molecule has 0 spiro atoms. The highest BCUT2D eigenvalue weighted by molar-refractivity contribution is 14.1. The lowest BCUT2D eigenvalue weighted by molar-refractivity contribution is 0.552. The second-order valence-electron chi connectivity index (χ2n) is 8.52. The van der Waals surface area contributed by atoms with Crippen LogP contribution in [0.25, 0.3) is 22.1 Å². The van der Waals surface area contributed by atoms with E-state index >= 15 is 0 Å². The van der Waals surface area contributed by atoms with Gasteiger partial charge in [0.25, 0.3) is 5.56 Å². The van der Waals surface area contributed by atoms with Crippen molar-refractivity contribution in [2.24, 2.45) is 0 Å². The normalized spacial score (nSPS) is 13.5. The van der Waals surface area contributed by atoms with E-state index in [4.69, 9.17) is 4.42 Å². The number of nitrogens with zero attached hydrogens (tertiary/aromatic N) is 1. The van der Waals surface area contributed by atoms with Crippen LogP contribution in [0.3, 0.4) is 0 Å². The number of hydrogen-bond donors (Lipinski definition) is 1. The highest BCUT2D eigenvalue weighted by atomic mass is 127. The molecule has 0 radical (unpaired) electrons. The van der Waals surface area contributed by atoms with Crippen molar-refractivity contribution in [2.75, 3.05) is 5.32 Å². The van der Waals surface area contributed by atoms with Crippen LogP contribution in [0.5, 0.6) is 0 Å². The zero-order valence-electron chi connectivity index (χ0n) is 18.5. The summed E-state index contributed by atoms with van der Waals surface area (Å²) in [5, 5.41) is 3.30. The lowest BCUT2D eigenvalue weighted by Crippen LogP contribution is -2.25. The second kappa shape index (κ2) is 8.13. The van der Waals surface area contributed by atoms with Gasteiger partial charge in [0.15, 0.2) is 5.58 Å². The zero-order valence-corrected chi connectivity index (χ0v) is 20.6. The number of aryl methyl sites for hydroxylation is 1. The predicted molar refractivity (Wildman–Crippen MR) is 137 cm³/mol. The maximum absolute atomic E-state index is 14.7. The number of fused-ring (bicyclic) bond motifs is 1. The van der Waals surface area contributed by atoms with E-state index in [9.17, 15) is 14.0 Å². The van der Waals surface area contributed by atoms with Gasteiger partial charge in [-0.15, -0.1) is 0 Å². The summed E-state index contributed by atoms with van der Waals surface area (Å²) < 4.78 is 23.0. The zero-order chi connectivity index (χ0) is 23.4. The molecule has 0 amide bonds. The molecule has 168 valence electrons. The van der Waals surface area contributed by atoms with Crippen LogP contribution in [0.2, 0.25) is 0 Å². The molecule has 0 aliphatic heterocycles. The molecule has 2 aromatic carbocycles. The molecule has 33 heavy (non-hydrogen) atoms. The van der Waals surface area contributed by atoms with Crippen LogP contribution >= 0.6 is 22.6 Å². The number of halogens is 2. The Hall–Kier alpha value is -2.94. The minimum Gasteiger partial charge on any atom is -0.421 e. The summed E-state index contributed by atoms with van der Waals surface area (Å²) in [6.45, 7) is 5.47. The maximum Gasteiger partial charge on any atom is 0.341 e. The number of pyridine rings is 1. The van der Waals surface area contributed by atoms with Crippen molar-refractivity contribution in [2.45, 2.75) is 39.7 Å². The number of nitrogens with one attached hydrogen (secondary N) is 1. The SMILES string of the molecule is Cc1ccccc1-c1c(C)n(C2CC2)c(=O)c2c(Nc3ccc(I)cc3F)c(C)c(=O)oc12. The van der Waals surface area contributed by atoms with E-state index in [1.54, 1.807) is 23.6 Å². The molecule has 1 saturated carbocycles. The van der Waals surface area contributed by atoms with Gasteiger partial charge in [-0.25, -0.2) is 9.18 Å². The molecular formula is C26H22FIN2O3. The van der Waals surface area contributed by atoms with Gasteiger partial charge in [0.1, 0.15) is 11.2 Å². The molecule has 1 aliphatic rings. The minimum absolute atomic E-state index is 0.111. The summed E-state index contributed by atoms with van der Waals surface area (Å²) in [5.74, 6) is -0.462. The Morgan fingerprint density at radius 3 is 2.48 bits per heavy atom. The molecule has 4 aromatic rings. The Balaban J connectivity index is 1.91. The second-order valence-corrected chi connectivity index (χ2v) is 9.77. The summed E-state index contributed by atoms with van der Waals surface area (Å²) in [4.78, 5) is 26.7. The van der Waals surface area contributed by atoms with Gasteiger partial charge < -0.3 is 14.3 Å².